The van der Waals surface area contributed by atoms with Crippen molar-refractivity contribution in [1.82, 2.24) is 25.1 Å². The van der Waals surface area contributed by atoms with Crippen molar-refractivity contribution in [1.29, 1.82) is 0 Å². The van der Waals surface area contributed by atoms with Gasteiger partial charge in [0.2, 0.25) is 5.91 Å². The smallest absolute Gasteiger partial charge is 0.223 e. The zero-order valence-corrected chi connectivity index (χ0v) is 19.2. The van der Waals surface area contributed by atoms with Crippen molar-refractivity contribution in [2.24, 2.45) is 0 Å². The molecule has 0 bridgehead atoms. The van der Waals surface area contributed by atoms with Crippen molar-refractivity contribution in [2.75, 3.05) is 6.54 Å². The van der Waals surface area contributed by atoms with Crippen LogP contribution in [0.1, 0.15) is 63.4 Å². The number of allylic oxidation sites excluding steroid dienone is 1. The van der Waals surface area contributed by atoms with Crippen molar-refractivity contribution >= 4 is 5.91 Å². The van der Waals surface area contributed by atoms with Gasteiger partial charge < -0.3 is 10.0 Å². The Labute approximate surface area is 190 Å². The molecule has 1 amide bonds. The van der Waals surface area contributed by atoms with Crippen LogP contribution in [0.4, 0.5) is 0 Å². The Morgan fingerprint density at radius 1 is 1.22 bits per heavy atom. The van der Waals surface area contributed by atoms with E-state index in [2.05, 4.69) is 27.6 Å². The molecule has 1 aromatic carbocycles. The van der Waals surface area contributed by atoms with Crippen LogP contribution in [0.25, 0.3) is 0 Å². The van der Waals surface area contributed by atoms with Crippen LogP contribution in [0.5, 0.6) is 0 Å². The van der Waals surface area contributed by atoms with Crippen LogP contribution in [0, 0.1) is 0 Å². The number of tetrazole rings is 1. The largest absolute Gasteiger partial charge is 0.389 e. The Morgan fingerprint density at radius 3 is 2.78 bits per heavy atom. The highest BCUT2D eigenvalue weighted by molar-refractivity contribution is 5.77. The Balaban J connectivity index is 1.44. The van der Waals surface area contributed by atoms with Crippen LogP contribution >= 0.6 is 0 Å². The number of amides is 1. The predicted molar refractivity (Wildman–Crippen MR) is 125 cm³/mol. The summed E-state index contributed by atoms with van der Waals surface area (Å²) >= 11 is 0. The lowest BCUT2D eigenvalue weighted by atomic mass is 9.99. The second kappa shape index (κ2) is 12.3. The predicted octanol–water partition coefficient (Wildman–Crippen LogP) is 3.67. The van der Waals surface area contributed by atoms with Gasteiger partial charge in [-0.05, 0) is 50.3 Å². The maximum absolute atomic E-state index is 12.5. The number of piperidine rings is 1. The Kier molecular flexibility index (Phi) is 9.16. The number of carbonyl (C=O) groups is 1. The second-order valence-electron chi connectivity index (χ2n) is 8.63. The molecular formula is C25H35N5O2. The molecule has 7 nitrogen and oxygen atoms in total. The van der Waals surface area contributed by atoms with Crippen LogP contribution in [0.2, 0.25) is 0 Å². The van der Waals surface area contributed by atoms with Gasteiger partial charge in [-0.2, -0.15) is 4.80 Å². The molecule has 1 N–H and O–H groups in total. The second-order valence-corrected chi connectivity index (χ2v) is 8.63. The molecule has 1 fully saturated rings. The van der Waals surface area contributed by atoms with Crippen LogP contribution in [0.3, 0.4) is 0 Å². The van der Waals surface area contributed by atoms with E-state index < -0.39 is 6.10 Å². The number of aromatic nitrogens is 4. The fourth-order valence-corrected chi connectivity index (χ4v) is 3.82. The summed E-state index contributed by atoms with van der Waals surface area (Å²) in [6.07, 6.45) is 13.2. The first-order valence-corrected chi connectivity index (χ1v) is 11.7. The lowest BCUT2D eigenvalue weighted by Crippen LogP contribution is -2.42. The number of aliphatic hydroxyl groups is 1. The van der Waals surface area contributed by atoms with Crippen molar-refractivity contribution in [3.63, 3.8) is 0 Å². The number of hydrogen-bond donors (Lipinski definition) is 1. The highest BCUT2D eigenvalue weighted by Crippen LogP contribution is 2.20. The minimum absolute atomic E-state index is 0.0431. The van der Waals surface area contributed by atoms with E-state index in [-0.39, 0.29) is 18.0 Å². The van der Waals surface area contributed by atoms with Gasteiger partial charge >= 0.3 is 0 Å². The Morgan fingerprint density at radius 2 is 2.03 bits per heavy atom. The van der Waals surface area contributed by atoms with Crippen molar-refractivity contribution in [3.05, 3.63) is 66.0 Å². The zero-order valence-electron chi connectivity index (χ0n) is 19.2. The molecule has 1 aliphatic rings. The summed E-state index contributed by atoms with van der Waals surface area (Å²) in [6, 6.07) is 10.2. The Bertz CT molecular complexity index is 891. The number of carbonyl (C=O) groups excluding carboxylic acids is 1. The van der Waals surface area contributed by atoms with Gasteiger partial charge in [-0.25, -0.2) is 0 Å². The molecule has 0 aliphatic carbocycles. The summed E-state index contributed by atoms with van der Waals surface area (Å²) in [7, 11) is 0. The van der Waals surface area contributed by atoms with Gasteiger partial charge in [0.1, 0.15) is 0 Å². The maximum Gasteiger partial charge on any atom is 0.223 e. The summed E-state index contributed by atoms with van der Waals surface area (Å²) in [6.45, 7) is 4.66. The average Bonchev–Trinajstić information content (AvgIpc) is 3.26. The van der Waals surface area contributed by atoms with Gasteiger partial charge in [0, 0.05) is 25.8 Å². The molecule has 1 saturated heterocycles. The van der Waals surface area contributed by atoms with E-state index in [1.54, 1.807) is 4.80 Å². The molecule has 0 saturated carbocycles. The van der Waals surface area contributed by atoms with Gasteiger partial charge in [-0.15, -0.1) is 10.2 Å². The van der Waals surface area contributed by atoms with Gasteiger partial charge in [-0.3, -0.25) is 4.79 Å². The van der Waals surface area contributed by atoms with E-state index in [1.165, 1.54) is 0 Å². The Hall–Kier alpha value is -2.80. The third kappa shape index (κ3) is 7.41. The lowest BCUT2D eigenvalue weighted by Gasteiger charge is -2.33. The maximum atomic E-state index is 12.5. The topological polar surface area (TPSA) is 84.1 Å². The van der Waals surface area contributed by atoms with Crippen LogP contribution in [-0.2, 0) is 17.6 Å². The van der Waals surface area contributed by atoms with E-state index in [4.69, 9.17) is 0 Å². The monoisotopic (exact) mass is 437 g/mol. The summed E-state index contributed by atoms with van der Waals surface area (Å²) in [5.41, 5.74) is 1.10. The zero-order chi connectivity index (χ0) is 22.8. The molecule has 3 rings (SSSR count). The van der Waals surface area contributed by atoms with Gasteiger partial charge in [0.05, 0.1) is 18.2 Å². The number of aryl methyl sites for hydroxylation is 1. The SMILES string of the molecule is CC(C)n1nnc(CCC/C=C\CN2C(=O)CCC[C@@H]2/C=C/C(O)Cc2ccccc2)n1. The molecular weight excluding hydrogens is 402 g/mol. The van der Waals surface area contributed by atoms with E-state index in [9.17, 15) is 9.90 Å². The van der Waals surface area contributed by atoms with E-state index >= 15 is 0 Å². The van der Waals surface area contributed by atoms with Crippen molar-refractivity contribution in [2.45, 2.75) is 77.0 Å². The highest BCUT2D eigenvalue weighted by atomic mass is 16.3. The molecule has 2 heterocycles. The first kappa shape index (κ1) is 23.9. The number of aliphatic hydroxyl groups excluding tert-OH is 1. The van der Waals surface area contributed by atoms with Crippen LogP contribution in [-0.4, -0.2) is 54.8 Å². The first-order valence-electron chi connectivity index (χ1n) is 11.7. The van der Waals surface area contributed by atoms with E-state index in [1.807, 2.05) is 61.2 Å². The summed E-state index contributed by atoms with van der Waals surface area (Å²) < 4.78 is 0. The molecule has 2 atom stereocenters. The number of benzene rings is 1. The lowest BCUT2D eigenvalue weighted by molar-refractivity contribution is -0.134. The summed E-state index contributed by atoms with van der Waals surface area (Å²) in [5, 5.41) is 22.9. The third-order valence-electron chi connectivity index (χ3n) is 5.63. The number of unbranched alkanes of at least 4 members (excludes halogenated alkanes) is 1. The fraction of sp³-hybridized carbons (Fsp3) is 0.520. The average molecular weight is 438 g/mol. The standard InChI is InChI=1S/C25H35N5O2/c1-20(2)30-27-24(26-28-30)14-8-3-4-9-18-29-22(13-10-15-25(29)32)16-17-23(31)19-21-11-6-5-7-12-21/h4-7,9,11-12,16-17,20,22-23,31H,3,8,10,13-15,18-19H2,1-2H3/b9-4-,17-16+/t22-,23?/m1/s1. The summed E-state index contributed by atoms with van der Waals surface area (Å²) in [4.78, 5) is 16.0. The van der Waals surface area contributed by atoms with Crippen LogP contribution in [0.15, 0.2) is 54.6 Å². The van der Waals surface area contributed by atoms with Gasteiger partial charge in [-0.1, -0.05) is 54.6 Å². The van der Waals surface area contributed by atoms with Crippen molar-refractivity contribution in [3.8, 4) is 0 Å². The molecule has 172 valence electrons. The molecule has 1 unspecified atom stereocenters. The summed E-state index contributed by atoms with van der Waals surface area (Å²) in [5.74, 6) is 0.958. The first-order chi connectivity index (χ1) is 15.5. The minimum Gasteiger partial charge on any atom is -0.389 e. The molecule has 1 aliphatic heterocycles. The fourth-order valence-electron chi connectivity index (χ4n) is 3.82. The van der Waals surface area contributed by atoms with Crippen LogP contribution < -0.4 is 0 Å². The van der Waals surface area contributed by atoms with E-state index in [0.717, 1.165) is 43.5 Å². The third-order valence-corrected chi connectivity index (χ3v) is 5.63. The molecule has 2 aromatic rings. The van der Waals surface area contributed by atoms with Gasteiger partial charge in [0.15, 0.2) is 5.82 Å². The number of hydrogen-bond acceptors (Lipinski definition) is 5. The quantitative estimate of drug-likeness (QED) is 0.428. The number of nitrogens with zero attached hydrogens (tertiary/aromatic N) is 5. The molecule has 32 heavy (non-hydrogen) atoms. The normalized spacial score (nSPS) is 18.3. The van der Waals surface area contributed by atoms with Gasteiger partial charge in [0.25, 0.3) is 0 Å². The molecule has 0 spiro atoms. The van der Waals surface area contributed by atoms with Crippen molar-refractivity contribution < 1.29 is 9.90 Å². The number of rotatable bonds is 11. The molecule has 0 radical (unpaired) electrons. The minimum atomic E-state index is -0.547. The highest BCUT2D eigenvalue weighted by Gasteiger charge is 2.25. The molecule has 1 aromatic heterocycles. The van der Waals surface area contributed by atoms with E-state index in [0.29, 0.717) is 19.4 Å². The number of likely N-dealkylation sites (tertiary alicyclic amines) is 1. The molecule has 7 heteroatoms.